The second-order valence-corrected chi connectivity index (χ2v) is 6.12. The number of nitrogens with one attached hydrogen (secondary N) is 1. The molecule has 0 aliphatic carbocycles. The average Bonchev–Trinajstić information content (AvgIpc) is 3.09. The number of aryl methyl sites for hydroxylation is 1. The van der Waals surface area contributed by atoms with Gasteiger partial charge in [0.1, 0.15) is 0 Å². The second kappa shape index (κ2) is 4.95. The van der Waals surface area contributed by atoms with Gasteiger partial charge in [-0.05, 0) is 19.4 Å². The first-order chi connectivity index (χ1) is 11.5. The lowest BCUT2D eigenvalue weighted by atomic mass is 10.1. The zero-order valence-corrected chi connectivity index (χ0v) is 13.6. The Balaban J connectivity index is 2.19. The second-order valence-electron chi connectivity index (χ2n) is 6.12. The van der Waals surface area contributed by atoms with E-state index in [0.717, 1.165) is 11.3 Å². The third-order valence-corrected chi connectivity index (χ3v) is 4.24. The predicted octanol–water partition coefficient (Wildman–Crippen LogP) is 1.92. The van der Waals surface area contributed by atoms with Crippen molar-refractivity contribution in [3.05, 3.63) is 57.4 Å². The molecule has 0 aliphatic heterocycles. The lowest BCUT2D eigenvalue weighted by molar-refractivity contribution is 0.621. The highest BCUT2D eigenvalue weighted by Gasteiger charge is 2.20. The van der Waals surface area contributed by atoms with Gasteiger partial charge < -0.3 is 4.57 Å². The van der Waals surface area contributed by atoms with Crippen LogP contribution in [-0.2, 0) is 7.05 Å². The van der Waals surface area contributed by atoms with Crippen LogP contribution in [0, 0.1) is 0 Å². The maximum absolute atomic E-state index is 12.3. The minimum absolute atomic E-state index is 0.144. The smallest absolute Gasteiger partial charge is 0.307 e. The van der Waals surface area contributed by atoms with Gasteiger partial charge in [-0.2, -0.15) is 4.98 Å². The van der Waals surface area contributed by atoms with Gasteiger partial charge in [-0.25, -0.2) is 4.79 Å². The summed E-state index contributed by atoms with van der Waals surface area (Å²) in [5, 5.41) is 0. The molecule has 0 atom stereocenters. The van der Waals surface area contributed by atoms with Gasteiger partial charge in [0, 0.05) is 19.3 Å². The summed E-state index contributed by atoms with van der Waals surface area (Å²) in [5.41, 5.74) is 1.89. The molecule has 0 bridgehead atoms. The topological polar surface area (TPSA) is 77.1 Å². The molecule has 3 heterocycles. The van der Waals surface area contributed by atoms with Crippen LogP contribution in [0.2, 0.25) is 0 Å². The lowest BCUT2D eigenvalue weighted by Crippen LogP contribution is -2.28. The molecule has 7 heteroatoms. The van der Waals surface area contributed by atoms with E-state index >= 15 is 0 Å². The number of rotatable bonds is 2. The molecule has 4 aromatic rings. The van der Waals surface area contributed by atoms with Crippen LogP contribution in [0.3, 0.4) is 0 Å². The molecule has 0 radical (unpaired) electrons. The van der Waals surface area contributed by atoms with Crippen molar-refractivity contribution in [1.82, 2.24) is 23.5 Å². The molecule has 0 amide bonds. The van der Waals surface area contributed by atoms with E-state index in [9.17, 15) is 9.59 Å². The Hall–Kier alpha value is -3.09. The van der Waals surface area contributed by atoms with Crippen LogP contribution in [0.15, 0.2) is 46.1 Å². The van der Waals surface area contributed by atoms with Crippen LogP contribution >= 0.6 is 0 Å². The molecule has 1 N–H and O–H groups in total. The molecular formula is C17H17N5O2. The summed E-state index contributed by atoms with van der Waals surface area (Å²) in [6.45, 7) is 4.13. The SMILES string of the molecule is CC(C)n1c(-c2ccccc2)cn2c3c(=O)[nH]c(=O)n(C)c3nc12. The van der Waals surface area contributed by atoms with E-state index in [1.807, 2.05) is 36.5 Å². The van der Waals surface area contributed by atoms with Crippen LogP contribution in [0.1, 0.15) is 19.9 Å². The minimum Gasteiger partial charge on any atom is -0.307 e. The highest BCUT2D eigenvalue weighted by molar-refractivity contribution is 5.78. The van der Waals surface area contributed by atoms with Crippen LogP contribution in [0.25, 0.3) is 28.2 Å². The van der Waals surface area contributed by atoms with E-state index in [-0.39, 0.29) is 6.04 Å². The molecule has 1 aromatic carbocycles. The first kappa shape index (κ1) is 14.5. The summed E-state index contributed by atoms with van der Waals surface area (Å²) in [5.74, 6) is 0.644. The van der Waals surface area contributed by atoms with Crippen molar-refractivity contribution in [2.24, 2.45) is 7.05 Å². The van der Waals surface area contributed by atoms with E-state index in [1.165, 1.54) is 4.57 Å². The van der Waals surface area contributed by atoms with E-state index in [0.29, 0.717) is 16.9 Å². The monoisotopic (exact) mass is 323 g/mol. The molecular weight excluding hydrogens is 306 g/mol. The number of aromatic amines is 1. The maximum Gasteiger partial charge on any atom is 0.329 e. The number of H-pyrrole nitrogens is 1. The van der Waals surface area contributed by atoms with Gasteiger partial charge in [0.05, 0.1) is 5.69 Å². The molecule has 0 aliphatic rings. The van der Waals surface area contributed by atoms with Gasteiger partial charge in [0.25, 0.3) is 5.56 Å². The van der Waals surface area contributed by atoms with Crippen molar-refractivity contribution in [1.29, 1.82) is 0 Å². The van der Waals surface area contributed by atoms with Crippen molar-refractivity contribution in [3.63, 3.8) is 0 Å². The Morgan fingerprint density at radius 2 is 1.83 bits per heavy atom. The Morgan fingerprint density at radius 1 is 1.12 bits per heavy atom. The molecule has 24 heavy (non-hydrogen) atoms. The molecule has 0 saturated heterocycles. The van der Waals surface area contributed by atoms with Crippen molar-refractivity contribution in [2.45, 2.75) is 19.9 Å². The van der Waals surface area contributed by atoms with Gasteiger partial charge >= 0.3 is 5.69 Å². The number of fused-ring (bicyclic) bond motifs is 3. The minimum atomic E-state index is -0.465. The largest absolute Gasteiger partial charge is 0.329 e. The Kier molecular flexibility index (Phi) is 2.99. The van der Waals surface area contributed by atoms with Crippen molar-refractivity contribution in [2.75, 3.05) is 0 Å². The zero-order chi connectivity index (χ0) is 17.0. The molecule has 0 saturated carbocycles. The van der Waals surface area contributed by atoms with Gasteiger partial charge in [-0.15, -0.1) is 0 Å². The molecule has 0 spiro atoms. The maximum atomic E-state index is 12.3. The van der Waals surface area contributed by atoms with Gasteiger partial charge in [0.2, 0.25) is 5.78 Å². The molecule has 3 aromatic heterocycles. The normalized spacial score (nSPS) is 11.8. The number of benzene rings is 1. The van der Waals surface area contributed by atoms with E-state index in [1.54, 1.807) is 11.4 Å². The lowest BCUT2D eigenvalue weighted by Gasteiger charge is -2.12. The summed E-state index contributed by atoms with van der Waals surface area (Å²) in [7, 11) is 1.60. The molecule has 0 fully saturated rings. The Morgan fingerprint density at radius 3 is 2.50 bits per heavy atom. The zero-order valence-electron chi connectivity index (χ0n) is 13.6. The van der Waals surface area contributed by atoms with Crippen molar-refractivity contribution in [3.8, 4) is 11.3 Å². The first-order valence-electron chi connectivity index (χ1n) is 7.76. The first-order valence-corrected chi connectivity index (χ1v) is 7.76. The highest BCUT2D eigenvalue weighted by atomic mass is 16.2. The van der Waals surface area contributed by atoms with E-state index < -0.39 is 11.2 Å². The molecule has 122 valence electrons. The summed E-state index contributed by atoms with van der Waals surface area (Å²) in [6.07, 6.45) is 1.90. The summed E-state index contributed by atoms with van der Waals surface area (Å²) < 4.78 is 5.19. The fourth-order valence-electron chi connectivity index (χ4n) is 3.11. The third kappa shape index (κ3) is 1.87. The van der Waals surface area contributed by atoms with Gasteiger partial charge in [0.15, 0.2) is 11.2 Å². The van der Waals surface area contributed by atoms with Gasteiger partial charge in [-0.1, -0.05) is 30.3 Å². The third-order valence-electron chi connectivity index (χ3n) is 4.24. The summed E-state index contributed by atoms with van der Waals surface area (Å²) in [6, 6.07) is 10.1. The summed E-state index contributed by atoms with van der Waals surface area (Å²) >= 11 is 0. The van der Waals surface area contributed by atoms with Crippen LogP contribution in [-0.4, -0.2) is 23.5 Å². The van der Waals surface area contributed by atoms with Crippen LogP contribution < -0.4 is 11.2 Å². The number of hydrogen-bond donors (Lipinski definition) is 1. The molecule has 7 nitrogen and oxygen atoms in total. The molecule has 4 rings (SSSR count). The standard InChI is InChI=1S/C17H17N5O2/c1-10(2)22-12(11-7-5-4-6-8-11)9-21-13-14(18-16(21)22)20(3)17(24)19-15(13)23/h4-10H,1-3H3,(H,19,23,24). The number of hydrogen-bond acceptors (Lipinski definition) is 3. The van der Waals surface area contributed by atoms with Crippen molar-refractivity contribution >= 4 is 16.9 Å². The fraction of sp³-hybridized carbons (Fsp3) is 0.235. The number of imidazole rings is 2. The number of aromatic nitrogens is 5. The highest BCUT2D eigenvalue weighted by Crippen LogP contribution is 2.28. The quantitative estimate of drug-likeness (QED) is 0.612. The molecule has 0 unspecified atom stereocenters. The number of nitrogens with zero attached hydrogens (tertiary/aromatic N) is 4. The fourth-order valence-corrected chi connectivity index (χ4v) is 3.11. The van der Waals surface area contributed by atoms with E-state index in [2.05, 4.69) is 28.4 Å². The predicted molar refractivity (Wildman–Crippen MR) is 92.4 cm³/mol. The average molecular weight is 323 g/mol. The van der Waals surface area contributed by atoms with Crippen LogP contribution in [0.4, 0.5) is 0 Å². The van der Waals surface area contributed by atoms with E-state index in [4.69, 9.17) is 0 Å². The Labute approximate surface area is 136 Å². The van der Waals surface area contributed by atoms with Gasteiger partial charge in [-0.3, -0.25) is 18.7 Å². The summed E-state index contributed by atoms with van der Waals surface area (Å²) in [4.78, 5) is 31.0. The van der Waals surface area contributed by atoms with Crippen molar-refractivity contribution < 1.29 is 0 Å². The Bertz CT molecular complexity index is 1180. The van der Waals surface area contributed by atoms with Crippen LogP contribution in [0.5, 0.6) is 0 Å².